The molecule has 5 amide bonds. The third kappa shape index (κ3) is 7.05. The molecule has 0 bridgehead atoms. The minimum Gasteiger partial charge on any atom is -0.493 e. The van der Waals surface area contributed by atoms with Gasteiger partial charge >= 0.3 is 11.9 Å². The molecule has 3 heterocycles. The van der Waals surface area contributed by atoms with Crippen LogP contribution in [-0.4, -0.2) is 102 Å². The summed E-state index contributed by atoms with van der Waals surface area (Å²) in [5.41, 5.74) is 11.7. The zero-order valence-electron chi connectivity index (χ0n) is 27.1. The van der Waals surface area contributed by atoms with Crippen LogP contribution in [-0.2, 0) is 33.5 Å². The number of aliphatic carboxylic acids is 1. The summed E-state index contributed by atoms with van der Waals surface area (Å²) >= 11 is 1.04. The van der Waals surface area contributed by atoms with Gasteiger partial charge in [-0.3, -0.25) is 38.6 Å². The molecule has 17 nitrogen and oxygen atoms in total. The summed E-state index contributed by atoms with van der Waals surface area (Å²) in [6, 6.07) is 10.8. The SMILES string of the molecule is CC(=O)OCC1=C(C(=O)O)N2C(=O)C(N(C(=O)c3cnc(-c4ccc(N(C(C)=O)C(=O)CN)cc4)nc3O)C(=O)C(N)c3ccccc3)[C@@H]2SC1. The van der Waals surface area contributed by atoms with Gasteiger partial charge in [-0.05, 0) is 29.8 Å². The zero-order chi connectivity index (χ0) is 37.1. The summed E-state index contributed by atoms with van der Waals surface area (Å²) in [4.78, 5) is 100. The molecule has 18 heteroatoms. The van der Waals surface area contributed by atoms with Crippen molar-refractivity contribution in [1.82, 2.24) is 19.8 Å². The predicted octanol–water partition coefficient (Wildman–Crippen LogP) is 0.542. The second kappa shape index (κ2) is 14.9. The average Bonchev–Trinajstić information content (AvgIpc) is 3.11. The molecule has 1 fully saturated rings. The van der Waals surface area contributed by atoms with Crippen LogP contribution in [0, 0.1) is 0 Å². The molecule has 0 radical (unpaired) electrons. The molecule has 5 rings (SSSR count). The third-order valence-corrected chi connectivity index (χ3v) is 9.28. The van der Waals surface area contributed by atoms with E-state index in [1.807, 2.05) is 0 Å². The number of esters is 1. The largest absolute Gasteiger partial charge is 0.493 e. The Hall–Kier alpha value is -5.98. The lowest BCUT2D eigenvalue weighted by Gasteiger charge is -2.52. The Labute approximate surface area is 293 Å². The fourth-order valence-electron chi connectivity index (χ4n) is 5.53. The van der Waals surface area contributed by atoms with Gasteiger partial charge in [-0.2, -0.15) is 4.98 Å². The Balaban J connectivity index is 1.49. The number of carboxylic acids is 1. The summed E-state index contributed by atoms with van der Waals surface area (Å²) < 4.78 is 4.97. The van der Waals surface area contributed by atoms with Gasteiger partial charge in [-0.25, -0.2) is 14.7 Å². The van der Waals surface area contributed by atoms with Crippen LogP contribution in [0.1, 0.15) is 35.8 Å². The second-order valence-corrected chi connectivity index (χ2v) is 12.3. The maximum atomic E-state index is 14.1. The molecule has 264 valence electrons. The fourth-order valence-corrected chi connectivity index (χ4v) is 6.90. The monoisotopic (exact) mass is 717 g/mol. The molecule has 0 aliphatic carbocycles. The number of ether oxygens (including phenoxy) is 1. The van der Waals surface area contributed by atoms with E-state index in [4.69, 9.17) is 16.2 Å². The van der Waals surface area contributed by atoms with E-state index < -0.39 is 82.6 Å². The van der Waals surface area contributed by atoms with Gasteiger partial charge in [0.25, 0.3) is 17.7 Å². The Kier molecular flexibility index (Phi) is 10.6. The van der Waals surface area contributed by atoms with E-state index in [9.17, 15) is 43.8 Å². The van der Waals surface area contributed by atoms with Crippen molar-refractivity contribution in [2.75, 3.05) is 23.8 Å². The highest BCUT2D eigenvalue weighted by molar-refractivity contribution is 8.00. The summed E-state index contributed by atoms with van der Waals surface area (Å²) in [5.74, 6) is -7.36. The van der Waals surface area contributed by atoms with E-state index in [-0.39, 0.29) is 29.4 Å². The Morgan fingerprint density at radius 2 is 1.73 bits per heavy atom. The first-order valence-corrected chi connectivity index (χ1v) is 16.2. The lowest BCUT2D eigenvalue weighted by atomic mass is 9.98. The Morgan fingerprint density at radius 3 is 2.29 bits per heavy atom. The number of aromatic nitrogens is 2. The molecule has 6 N–H and O–H groups in total. The first-order chi connectivity index (χ1) is 24.3. The summed E-state index contributed by atoms with van der Waals surface area (Å²) in [6.07, 6.45) is 0.955. The maximum absolute atomic E-state index is 14.1. The first kappa shape index (κ1) is 36.3. The molecule has 0 spiro atoms. The van der Waals surface area contributed by atoms with Crippen LogP contribution >= 0.6 is 11.8 Å². The maximum Gasteiger partial charge on any atom is 0.352 e. The lowest BCUT2D eigenvalue weighted by Crippen LogP contribution is -2.72. The molecule has 2 aromatic carbocycles. The first-order valence-electron chi connectivity index (χ1n) is 15.2. The number of fused-ring (bicyclic) bond motifs is 1. The van der Waals surface area contributed by atoms with Crippen LogP contribution in [0.5, 0.6) is 5.88 Å². The topological polar surface area (TPSA) is 257 Å². The smallest absolute Gasteiger partial charge is 0.352 e. The highest BCUT2D eigenvalue weighted by Gasteiger charge is 2.59. The van der Waals surface area contributed by atoms with Gasteiger partial charge in [0, 0.05) is 36.9 Å². The van der Waals surface area contributed by atoms with E-state index in [1.165, 1.54) is 31.2 Å². The number of thioether (sulfide) groups is 1. The van der Waals surface area contributed by atoms with E-state index in [0.29, 0.717) is 16.0 Å². The number of β-lactam (4-membered cyclic amide) rings is 1. The van der Waals surface area contributed by atoms with Gasteiger partial charge in [-0.15, -0.1) is 11.8 Å². The van der Waals surface area contributed by atoms with E-state index in [0.717, 1.165) is 34.7 Å². The molecule has 51 heavy (non-hydrogen) atoms. The average molecular weight is 718 g/mol. The molecule has 3 atom stereocenters. The van der Waals surface area contributed by atoms with Gasteiger partial charge in [0.1, 0.15) is 35.3 Å². The molecule has 1 saturated heterocycles. The molecule has 3 aromatic rings. The normalized spacial score (nSPS) is 17.1. The number of carboxylic acid groups (broad SMARTS) is 1. The summed E-state index contributed by atoms with van der Waals surface area (Å²) in [6.45, 7) is 1.56. The second-order valence-electron chi connectivity index (χ2n) is 11.2. The summed E-state index contributed by atoms with van der Waals surface area (Å²) in [5, 5.41) is 19.9. The third-order valence-electron chi connectivity index (χ3n) is 7.95. The molecule has 2 aliphatic rings. The molecule has 2 aliphatic heterocycles. The van der Waals surface area contributed by atoms with Gasteiger partial charge in [0.2, 0.25) is 17.7 Å². The van der Waals surface area contributed by atoms with Crippen molar-refractivity contribution in [2.24, 2.45) is 11.5 Å². The number of carbonyl (C=O) groups excluding carboxylic acids is 6. The standard InChI is InChI=1S/C33H31N7O10S/c1-16(41)38(23(43)12-34)21-10-8-19(9-11-21)27-36-13-22(28(44)37-27)29(45)39(30(46)24(35)18-6-4-3-5-7-18)26-31(47)40-25(33(48)49)20(14-50-17(2)42)15-51-32(26)40/h3-11,13,24,26,32H,12,14-15,34-35H2,1-2H3,(H,48,49)(H,36,37,44)/t24?,26?,32-/m0/s1. The summed E-state index contributed by atoms with van der Waals surface area (Å²) in [7, 11) is 0. The van der Waals surface area contributed by atoms with Crippen LogP contribution in [0.4, 0.5) is 5.69 Å². The van der Waals surface area contributed by atoms with Gasteiger partial charge in [0.05, 0.1) is 12.2 Å². The zero-order valence-corrected chi connectivity index (χ0v) is 27.9. The van der Waals surface area contributed by atoms with Crippen molar-refractivity contribution in [3.05, 3.63) is 83.2 Å². The van der Waals surface area contributed by atoms with E-state index in [1.54, 1.807) is 30.3 Å². The van der Waals surface area contributed by atoms with Crippen molar-refractivity contribution in [1.29, 1.82) is 0 Å². The van der Waals surface area contributed by atoms with Crippen LogP contribution in [0.2, 0.25) is 0 Å². The molecule has 2 unspecified atom stereocenters. The number of hydrogen-bond acceptors (Lipinski definition) is 14. The molecule has 0 saturated carbocycles. The van der Waals surface area contributed by atoms with Crippen molar-refractivity contribution in [2.45, 2.75) is 31.3 Å². The minimum absolute atomic E-state index is 0.00672. The van der Waals surface area contributed by atoms with E-state index >= 15 is 0 Å². The van der Waals surface area contributed by atoms with Crippen LogP contribution in [0.25, 0.3) is 11.4 Å². The predicted molar refractivity (Wildman–Crippen MR) is 179 cm³/mol. The number of rotatable bonds is 10. The van der Waals surface area contributed by atoms with Gasteiger partial charge < -0.3 is 26.4 Å². The highest BCUT2D eigenvalue weighted by Crippen LogP contribution is 2.43. The Bertz CT molecular complexity index is 1970. The minimum atomic E-state index is -1.54. The number of imide groups is 2. The number of anilines is 1. The highest BCUT2D eigenvalue weighted by atomic mass is 32.2. The lowest BCUT2D eigenvalue weighted by molar-refractivity contribution is -0.157. The van der Waals surface area contributed by atoms with Crippen molar-refractivity contribution >= 4 is 58.9 Å². The Morgan fingerprint density at radius 1 is 1.06 bits per heavy atom. The fraction of sp³-hybridized carbons (Fsp3) is 0.242. The van der Waals surface area contributed by atoms with Crippen LogP contribution in [0.3, 0.4) is 0 Å². The molecule has 1 aromatic heterocycles. The number of nitrogens with two attached hydrogens (primary N) is 2. The van der Waals surface area contributed by atoms with Crippen LogP contribution in [0.15, 0.2) is 72.1 Å². The quantitative estimate of drug-likeness (QED) is 0.165. The van der Waals surface area contributed by atoms with Gasteiger partial charge in [-0.1, -0.05) is 30.3 Å². The number of benzene rings is 2. The number of aromatic hydroxyl groups is 1. The molecular formula is C33H31N7O10S. The number of amides is 5. The number of hydrogen-bond donors (Lipinski definition) is 4. The van der Waals surface area contributed by atoms with Crippen molar-refractivity contribution in [3.8, 4) is 17.3 Å². The van der Waals surface area contributed by atoms with Crippen molar-refractivity contribution in [3.63, 3.8) is 0 Å². The van der Waals surface area contributed by atoms with Crippen LogP contribution < -0.4 is 16.4 Å². The van der Waals surface area contributed by atoms with E-state index in [2.05, 4.69) is 9.97 Å². The van der Waals surface area contributed by atoms with Crippen molar-refractivity contribution < 1.29 is 48.5 Å². The molecular weight excluding hydrogens is 686 g/mol. The van der Waals surface area contributed by atoms with Gasteiger partial charge in [0.15, 0.2) is 5.82 Å². The number of nitrogens with zero attached hydrogens (tertiary/aromatic N) is 5. The number of carbonyl (C=O) groups is 7.